The first kappa shape index (κ1) is 23.6. The Kier molecular flexibility index (Phi) is 8.81. The summed E-state index contributed by atoms with van der Waals surface area (Å²) in [6, 6.07) is 14.6. The molecule has 1 N–H and O–H groups in total. The molecule has 2 amide bonds. The number of amides is 2. The summed E-state index contributed by atoms with van der Waals surface area (Å²) >= 11 is 7.59. The van der Waals surface area contributed by atoms with Crippen molar-refractivity contribution in [3.05, 3.63) is 70.2 Å². The summed E-state index contributed by atoms with van der Waals surface area (Å²) in [6.45, 7) is 6.06. The van der Waals surface area contributed by atoms with Gasteiger partial charge in [-0.2, -0.15) is 11.8 Å². The molecule has 0 unspecified atom stereocenters. The maximum absolute atomic E-state index is 13.2. The van der Waals surface area contributed by atoms with E-state index in [1.807, 2.05) is 11.2 Å². The Morgan fingerprint density at radius 2 is 1.74 bits per heavy atom. The number of nitrogens with zero attached hydrogens (tertiary/aromatic N) is 2. The molecule has 1 aliphatic rings. The fourth-order valence-electron chi connectivity index (χ4n) is 3.71. The van der Waals surface area contributed by atoms with Crippen molar-refractivity contribution < 1.29 is 9.59 Å². The summed E-state index contributed by atoms with van der Waals surface area (Å²) in [5.41, 5.74) is 3.13. The van der Waals surface area contributed by atoms with Crippen LogP contribution in [0.3, 0.4) is 0 Å². The van der Waals surface area contributed by atoms with Crippen molar-refractivity contribution in [2.24, 2.45) is 0 Å². The van der Waals surface area contributed by atoms with Gasteiger partial charge in [-0.15, -0.1) is 0 Å². The van der Waals surface area contributed by atoms with Gasteiger partial charge in [0.25, 0.3) is 5.91 Å². The molecule has 2 aromatic rings. The Balaban J connectivity index is 1.58. The Morgan fingerprint density at radius 1 is 1.06 bits per heavy atom. The topological polar surface area (TPSA) is 52.7 Å². The number of carbonyl (C=O) groups is 2. The van der Waals surface area contributed by atoms with E-state index in [1.54, 1.807) is 36.0 Å². The van der Waals surface area contributed by atoms with Crippen molar-refractivity contribution in [2.45, 2.75) is 25.9 Å². The minimum Gasteiger partial charge on any atom is -0.340 e. The van der Waals surface area contributed by atoms with Crippen LogP contribution in [0.2, 0.25) is 5.02 Å². The van der Waals surface area contributed by atoms with Crippen LogP contribution < -0.4 is 5.32 Å². The molecule has 3 rings (SSSR count). The van der Waals surface area contributed by atoms with Gasteiger partial charge in [-0.25, -0.2) is 0 Å². The van der Waals surface area contributed by atoms with Gasteiger partial charge in [-0.05, 0) is 60.7 Å². The highest BCUT2D eigenvalue weighted by molar-refractivity contribution is 7.98. The molecule has 1 heterocycles. The van der Waals surface area contributed by atoms with Gasteiger partial charge in [0.1, 0.15) is 6.04 Å². The molecule has 7 heteroatoms. The normalized spacial score (nSPS) is 15.5. The Labute approximate surface area is 194 Å². The van der Waals surface area contributed by atoms with Crippen LogP contribution in [0.15, 0.2) is 48.5 Å². The summed E-state index contributed by atoms with van der Waals surface area (Å²) < 4.78 is 0. The molecule has 166 valence electrons. The van der Waals surface area contributed by atoms with Gasteiger partial charge in [0, 0.05) is 43.3 Å². The molecule has 31 heavy (non-hydrogen) atoms. The number of halogens is 1. The molecule has 0 spiro atoms. The second kappa shape index (κ2) is 11.6. The maximum atomic E-state index is 13.2. The van der Waals surface area contributed by atoms with Gasteiger partial charge in [0.05, 0.1) is 0 Å². The second-order valence-electron chi connectivity index (χ2n) is 7.84. The zero-order chi connectivity index (χ0) is 22.2. The molecule has 1 fully saturated rings. The van der Waals surface area contributed by atoms with E-state index in [0.29, 0.717) is 30.1 Å². The average molecular weight is 460 g/mol. The smallest absolute Gasteiger partial charge is 0.251 e. The minimum atomic E-state index is -0.515. The molecule has 5 nitrogen and oxygen atoms in total. The lowest BCUT2D eigenvalue weighted by Gasteiger charge is -2.36. The van der Waals surface area contributed by atoms with Crippen LogP contribution in [0, 0.1) is 6.92 Å². The number of aryl methyl sites for hydroxylation is 1. The van der Waals surface area contributed by atoms with E-state index in [9.17, 15) is 9.59 Å². The van der Waals surface area contributed by atoms with E-state index in [2.05, 4.69) is 41.4 Å². The molecule has 1 aliphatic heterocycles. The monoisotopic (exact) mass is 459 g/mol. The molecule has 1 atom stereocenters. The average Bonchev–Trinajstić information content (AvgIpc) is 2.78. The SMILES string of the molecule is CSCC[C@H](NC(=O)c1ccc(Cl)cc1)C(=O)N1CCN(Cc2ccccc2C)CC1. The van der Waals surface area contributed by atoms with E-state index >= 15 is 0 Å². The van der Waals surface area contributed by atoms with Crippen LogP contribution in [0.25, 0.3) is 0 Å². The summed E-state index contributed by atoms with van der Waals surface area (Å²) in [5.74, 6) is 0.575. The number of hydrogen-bond donors (Lipinski definition) is 1. The van der Waals surface area contributed by atoms with Crippen molar-refractivity contribution in [2.75, 3.05) is 38.2 Å². The molecule has 0 bridgehead atoms. The van der Waals surface area contributed by atoms with Crippen LogP contribution in [0.5, 0.6) is 0 Å². The molecular formula is C24H30ClN3O2S. The third-order valence-corrected chi connectivity index (χ3v) is 6.56. The number of thioether (sulfide) groups is 1. The van der Waals surface area contributed by atoms with Crippen molar-refractivity contribution >= 4 is 35.2 Å². The second-order valence-corrected chi connectivity index (χ2v) is 9.26. The zero-order valence-corrected chi connectivity index (χ0v) is 19.7. The van der Waals surface area contributed by atoms with Gasteiger partial charge in [0.2, 0.25) is 5.91 Å². The molecule has 0 saturated carbocycles. The first-order chi connectivity index (χ1) is 15.0. The predicted molar refractivity (Wildman–Crippen MR) is 129 cm³/mol. The fraction of sp³-hybridized carbons (Fsp3) is 0.417. The number of nitrogens with one attached hydrogen (secondary N) is 1. The summed E-state index contributed by atoms with van der Waals surface area (Å²) in [7, 11) is 0. The van der Waals surface area contributed by atoms with Crippen LogP contribution in [-0.4, -0.2) is 65.8 Å². The van der Waals surface area contributed by atoms with Crippen molar-refractivity contribution in [1.29, 1.82) is 0 Å². The summed E-state index contributed by atoms with van der Waals surface area (Å²) in [5, 5.41) is 3.52. The van der Waals surface area contributed by atoms with Crippen molar-refractivity contribution in [1.82, 2.24) is 15.1 Å². The first-order valence-electron chi connectivity index (χ1n) is 10.6. The number of piperazine rings is 1. The van der Waals surface area contributed by atoms with Crippen LogP contribution in [-0.2, 0) is 11.3 Å². The molecule has 0 aromatic heterocycles. The molecule has 0 aliphatic carbocycles. The minimum absolute atomic E-state index is 0.00639. The highest BCUT2D eigenvalue weighted by Crippen LogP contribution is 2.15. The predicted octanol–water partition coefficient (Wildman–Crippen LogP) is 3.84. The zero-order valence-electron chi connectivity index (χ0n) is 18.1. The lowest BCUT2D eigenvalue weighted by Crippen LogP contribution is -2.55. The van der Waals surface area contributed by atoms with E-state index in [0.717, 1.165) is 25.4 Å². The van der Waals surface area contributed by atoms with E-state index in [4.69, 9.17) is 11.6 Å². The Hall–Kier alpha value is -2.02. The van der Waals surface area contributed by atoms with Gasteiger partial charge in [0.15, 0.2) is 0 Å². The van der Waals surface area contributed by atoms with Crippen LogP contribution >= 0.6 is 23.4 Å². The Morgan fingerprint density at radius 3 is 2.39 bits per heavy atom. The summed E-state index contributed by atoms with van der Waals surface area (Å²) in [6.07, 6.45) is 2.62. The molecule has 1 saturated heterocycles. The van der Waals surface area contributed by atoms with Crippen LogP contribution in [0.1, 0.15) is 27.9 Å². The van der Waals surface area contributed by atoms with Gasteiger partial charge >= 0.3 is 0 Å². The third-order valence-electron chi connectivity index (χ3n) is 5.66. The molecular weight excluding hydrogens is 430 g/mol. The largest absolute Gasteiger partial charge is 0.340 e. The highest BCUT2D eigenvalue weighted by Gasteiger charge is 2.28. The fourth-order valence-corrected chi connectivity index (χ4v) is 4.31. The molecule has 2 aromatic carbocycles. The van der Waals surface area contributed by atoms with E-state index < -0.39 is 6.04 Å². The number of benzene rings is 2. The van der Waals surface area contributed by atoms with Gasteiger partial charge in [-0.1, -0.05) is 35.9 Å². The number of hydrogen-bond acceptors (Lipinski definition) is 4. The number of rotatable bonds is 8. The lowest BCUT2D eigenvalue weighted by molar-refractivity contribution is -0.135. The number of carbonyl (C=O) groups excluding carboxylic acids is 2. The maximum Gasteiger partial charge on any atom is 0.251 e. The standard InChI is InChI=1S/C24H30ClN3O2S/c1-18-5-3-4-6-20(18)17-27-12-14-28(15-13-27)24(30)22(11-16-31-2)26-23(29)19-7-9-21(25)10-8-19/h3-10,22H,11-17H2,1-2H3,(H,26,29)/t22-/m0/s1. The lowest BCUT2D eigenvalue weighted by atomic mass is 10.1. The highest BCUT2D eigenvalue weighted by atomic mass is 35.5. The third kappa shape index (κ3) is 6.73. The first-order valence-corrected chi connectivity index (χ1v) is 12.4. The van der Waals surface area contributed by atoms with Crippen molar-refractivity contribution in [3.8, 4) is 0 Å². The summed E-state index contributed by atoms with van der Waals surface area (Å²) in [4.78, 5) is 30.1. The Bertz CT molecular complexity index is 883. The van der Waals surface area contributed by atoms with Crippen molar-refractivity contribution in [3.63, 3.8) is 0 Å². The van der Waals surface area contributed by atoms with Gasteiger partial charge in [-0.3, -0.25) is 14.5 Å². The quantitative estimate of drug-likeness (QED) is 0.651. The van der Waals surface area contributed by atoms with E-state index in [-0.39, 0.29) is 11.8 Å². The van der Waals surface area contributed by atoms with Crippen LogP contribution in [0.4, 0.5) is 0 Å². The molecule has 0 radical (unpaired) electrons. The van der Waals surface area contributed by atoms with E-state index in [1.165, 1.54) is 11.1 Å². The van der Waals surface area contributed by atoms with Gasteiger partial charge < -0.3 is 10.2 Å².